The summed E-state index contributed by atoms with van der Waals surface area (Å²) in [7, 11) is 0. The molecule has 3 aromatic carbocycles. The average molecular weight is 480 g/mol. The van der Waals surface area contributed by atoms with Crippen LogP contribution in [0, 0.1) is 0 Å². The highest BCUT2D eigenvalue weighted by Gasteiger charge is 2.24. The van der Waals surface area contributed by atoms with Gasteiger partial charge in [-0.1, -0.05) is 41.9 Å². The van der Waals surface area contributed by atoms with E-state index in [0.29, 0.717) is 18.7 Å². The van der Waals surface area contributed by atoms with E-state index in [-0.39, 0.29) is 18.0 Å². The van der Waals surface area contributed by atoms with Crippen molar-refractivity contribution in [2.24, 2.45) is 0 Å². The first-order valence-electron chi connectivity index (χ1n) is 11.0. The number of hydrogen-bond acceptors (Lipinski definition) is 3. The lowest BCUT2D eigenvalue weighted by Gasteiger charge is -2.32. The summed E-state index contributed by atoms with van der Waals surface area (Å²) in [6.45, 7) is 1.23. The predicted octanol–water partition coefficient (Wildman–Crippen LogP) is 6.06. The van der Waals surface area contributed by atoms with Crippen LogP contribution in [-0.4, -0.2) is 36.0 Å². The normalized spacial score (nSPS) is 14.0. The lowest BCUT2D eigenvalue weighted by molar-refractivity contribution is 0.0919. The van der Waals surface area contributed by atoms with E-state index in [2.05, 4.69) is 10.6 Å². The fourth-order valence-corrected chi connectivity index (χ4v) is 4.65. The molecule has 7 heteroatoms. The molecule has 0 unspecified atom stereocenters. The largest absolute Gasteiger partial charge is 0.349 e. The SMILES string of the molecule is O=C(NC1CCN(C(=O)Nc2ccccc2)CC1)c1ccc(CSc2ccc(Cl)cc2)cc1. The number of benzene rings is 3. The van der Waals surface area contributed by atoms with Crippen molar-refractivity contribution in [1.29, 1.82) is 0 Å². The summed E-state index contributed by atoms with van der Waals surface area (Å²) in [5, 5.41) is 6.76. The summed E-state index contributed by atoms with van der Waals surface area (Å²) in [6, 6.07) is 24.9. The summed E-state index contributed by atoms with van der Waals surface area (Å²) in [5.74, 6) is 0.756. The zero-order valence-electron chi connectivity index (χ0n) is 18.2. The minimum Gasteiger partial charge on any atom is -0.349 e. The van der Waals surface area contributed by atoms with Gasteiger partial charge < -0.3 is 15.5 Å². The maximum absolute atomic E-state index is 12.7. The number of nitrogens with zero attached hydrogens (tertiary/aromatic N) is 1. The third kappa shape index (κ3) is 6.76. The van der Waals surface area contributed by atoms with E-state index in [1.54, 1.807) is 16.7 Å². The molecule has 1 saturated heterocycles. The summed E-state index contributed by atoms with van der Waals surface area (Å²) < 4.78 is 0. The summed E-state index contributed by atoms with van der Waals surface area (Å²) in [6.07, 6.45) is 1.48. The number of rotatable bonds is 6. The van der Waals surface area contributed by atoms with Gasteiger partial charge in [0, 0.05) is 46.1 Å². The van der Waals surface area contributed by atoms with Gasteiger partial charge in [-0.2, -0.15) is 0 Å². The standard InChI is InChI=1S/C26H26ClN3O2S/c27-21-10-12-24(13-11-21)33-18-19-6-8-20(9-7-19)25(31)28-23-14-16-30(17-15-23)26(32)29-22-4-2-1-3-5-22/h1-13,23H,14-18H2,(H,28,31)(H,29,32). The zero-order chi connectivity index (χ0) is 23.0. The van der Waals surface area contributed by atoms with Gasteiger partial charge in [-0.05, 0) is 66.9 Å². The number of amides is 3. The van der Waals surface area contributed by atoms with Gasteiger partial charge >= 0.3 is 6.03 Å². The number of likely N-dealkylation sites (tertiary alicyclic amines) is 1. The maximum Gasteiger partial charge on any atom is 0.321 e. The molecular weight excluding hydrogens is 454 g/mol. The van der Waals surface area contributed by atoms with Crippen LogP contribution in [0.15, 0.2) is 83.8 Å². The number of piperidine rings is 1. The van der Waals surface area contributed by atoms with Crippen LogP contribution in [0.3, 0.4) is 0 Å². The molecule has 1 heterocycles. The van der Waals surface area contributed by atoms with Gasteiger partial charge in [0.15, 0.2) is 0 Å². The number of hydrogen-bond donors (Lipinski definition) is 2. The Morgan fingerprint density at radius 3 is 2.24 bits per heavy atom. The molecule has 0 aliphatic carbocycles. The second kappa shape index (κ2) is 11.3. The van der Waals surface area contributed by atoms with Gasteiger partial charge in [-0.25, -0.2) is 4.79 Å². The second-order valence-corrected chi connectivity index (χ2v) is 9.46. The van der Waals surface area contributed by atoms with E-state index in [4.69, 9.17) is 11.6 Å². The fourth-order valence-electron chi connectivity index (χ4n) is 3.67. The van der Waals surface area contributed by atoms with Gasteiger partial charge in [0.2, 0.25) is 0 Å². The Bertz CT molecular complexity index is 1070. The number of thioether (sulfide) groups is 1. The van der Waals surface area contributed by atoms with Crippen LogP contribution < -0.4 is 10.6 Å². The zero-order valence-corrected chi connectivity index (χ0v) is 19.7. The molecule has 0 aromatic heterocycles. The highest BCUT2D eigenvalue weighted by Crippen LogP contribution is 2.24. The molecule has 170 valence electrons. The lowest BCUT2D eigenvalue weighted by Crippen LogP contribution is -2.47. The topological polar surface area (TPSA) is 61.4 Å². The second-order valence-electron chi connectivity index (χ2n) is 7.97. The number of halogens is 1. The van der Waals surface area contributed by atoms with Gasteiger partial charge in [0.25, 0.3) is 5.91 Å². The van der Waals surface area contributed by atoms with Crippen LogP contribution in [0.1, 0.15) is 28.8 Å². The number of anilines is 1. The van der Waals surface area contributed by atoms with E-state index >= 15 is 0 Å². The van der Waals surface area contributed by atoms with Crippen molar-refractivity contribution in [1.82, 2.24) is 10.2 Å². The Balaban J connectivity index is 1.21. The first kappa shape index (κ1) is 23.2. The van der Waals surface area contributed by atoms with Crippen molar-refractivity contribution >= 4 is 41.0 Å². The first-order chi connectivity index (χ1) is 16.1. The highest BCUT2D eigenvalue weighted by atomic mass is 35.5. The van der Waals surface area contributed by atoms with Gasteiger partial charge in [0.05, 0.1) is 0 Å². The van der Waals surface area contributed by atoms with E-state index in [0.717, 1.165) is 39.8 Å². The number of carbonyl (C=O) groups is 2. The third-order valence-corrected chi connectivity index (χ3v) is 6.91. The van der Waals surface area contributed by atoms with Crippen molar-refractivity contribution in [3.63, 3.8) is 0 Å². The predicted molar refractivity (Wildman–Crippen MR) is 135 cm³/mol. The Kier molecular flexibility index (Phi) is 7.92. The number of urea groups is 1. The third-order valence-electron chi connectivity index (χ3n) is 5.58. The summed E-state index contributed by atoms with van der Waals surface area (Å²) in [4.78, 5) is 28.1. The molecule has 0 saturated carbocycles. The Hall–Kier alpha value is -2.96. The Labute approximate surface area is 203 Å². The molecule has 3 aromatic rings. The number of carbonyl (C=O) groups excluding carboxylic acids is 2. The molecule has 1 aliphatic rings. The molecule has 33 heavy (non-hydrogen) atoms. The molecule has 2 N–H and O–H groups in total. The van der Waals surface area contributed by atoms with Crippen molar-refractivity contribution in [3.8, 4) is 0 Å². The molecule has 3 amide bonds. The van der Waals surface area contributed by atoms with E-state index in [1.807, 2.05) is 78.9 Å². The molecule has 5 nitrogen and oxygen atoms in total. The monoisotopic (exact) mass is 479 g/mol. The molecule has 1 aliphatic heterocycles. The smallest absolute Gasteiger partial charge is 0.321 e. The highest BCUT2D eigenvalue weighted by molar-refractivity contribution is 7.98. The molecule has 0 spiro atoms. The van der Waals surface area contributed by atoms with Gasteiger partial charge in [0.1, 0.15) is 0 Å². The Morgan fingerprint density at radius 1 is 0.909 bits per heavy atom. The van der Waals surface area contributed by atoms with E-state index in [9.17, 15) is 9.59 Å². The molecule has 0 radical (unpaired) electrons. The number of para-hydroxylation sites is 1. The van der Waals surface area contributed by atoms with Gasteiger partial charge in [-0.15, -0.1) is 11.8 Å². The van der Waals surface area contributed by atoms with Crippen LogP contribution in [0.25, 0.3) is 0 Å². The minimum absolute atomic E-state index is 0.0680. The molecular formula is C26H26ClN3O2S. The first-order valence-corrected chi connectivity index (χ1v) is 12.3. The summed E-state index contributed by atoms with van der Waals surface area (Å²) in [5.41, 5.74) is 2.59. The van der Waals surface area contributed by atoms with Crippen molar-refractivity contribution in [2.45, 2.75) is 29.5 Å². The van der Waals surface area contributed by atoms with Crippen molar-refractivity contribution in [3.05, 3.63) is 95.0 Å². The molecule has 1 fully saturated rings. The van der Waals surface area contributed by atoms with E-state index < -0.39 is 0 Å². The van der Waals surface area contributed by atoms with Crippen LogP contribution in [0.5, 0.6) is 0 Å². The minimum atomic E-state index is -0.0990. The molecule has 4 rings (SSSR count). The Morgan fingerprint density at radius 2 is 1.58 bits per heavy atom. The van der Waals surface area contributed by atoms with Crippen LogP contribution >= 0.6 is 23.4 Å². The molecule has 0 bridgehead atoms. The lowest BCUT2D eigenvalue weighted by atomic mass is 10.0. The van der Waals surface area contributed by atoms with Crippen molar-refractivity contribution in [2.75, 3.05) is 18.4 Å². The van der Waals surface area contributed by atoms with Gasteiger partial charge in [-0.3, -0.25) is 4.79 Å². The fraction of sp³-hybridized carbons (Fsp3) is 0.231. The number of nitrogens with one attached hydrogen (secondary N) is 2. The van der Waals surface area contributed by atoms with Crippen LogP contribution in [0.4, 0.5) is 10.5 Å². The van der Waals surface area contributed by atoms with Crippen LogP contribution in [0.2, 0.25) is 5.02 Å². The molecule has 0 atom stereocenters. The van der Waals surface area contributed by atoms with E-state index in [1.165, 1.54) is 0 Å². The summed E-state index contributed by atoms with van der Waals surface area (Å²) >= 11 is 7.66. The average Bonchev–Trinajstić information content (AvgIpc) is 2.85. The van der Waals surface area contributed by atoms with Crippen LogP contribution in [-0.2, 0) is 5.75 Å². The van der Waals surface area contributed by atoms with Crippen molar-refractivity contribution < 1.29 is 9.59 Å². The quantitative estimate of drug-likeness (QED) is 0.422. The maximum atomic E-state index is 12.7.